The van der Waals surface area contributed by atoms with Crippen LogP contribution in [0.15, 0.2) is 0 Å². The lowest BCUT2D eigenvalue weighted by Crippen LogP contribution is -2.60. The zero-order valence-electron chi connectivity index (χ0n) is 7.39. The van der Waals surface area contributed by atoms with E-state index in [0.29, 0.717) is 0 Å². The van der Waals surface area contributed by atoms with Crippen LogP contribution in [0.1, 0.15) is 6.42 Å². The molecule has 0 N–H and O–H groups in total. The fraction of sp³-hybridized carbons (Fsp3) is 1.00. The van der Waals surface area contributed by atoms with Crippen LogP contribution in [0, 0.1) is 0 Å². The van der Waals surface area contributed by atoms with Gasteiger partial charge in [0, 0.05) is 6.42 Å². The third-order valence-corrected chi connectivity index (χ3v) is 1.96. The van der Waals surface area contributed by atoms with Crippen LogP contribution in [-0.2, 0) is 0 Å². The van der Waals surface area contributed by atoms with Gasteiger partial charge in [0.15, 0.2) is 0 Å². The molecular weight excluding hydrogens is 274 g/mol. The van der Waals surface area contributed by atoms with Gasteiger partial charge in [-0.3, -0.25) is 0 Å². The van der Waals surface area contributed by atoms with Crippen LogP contribution in [0.5, 0.6) is 0 Å². The Balaban J connectivity index is 5.34. The molecule has 0 saturated heterocycles. The Bertz CT molecular complexity index is 243. The second kappa shape index (κ2) is 4.23. The van der Waals surface area contributed by atoms with Gasteiger partial charge in [-0.1, -0.05) is 0 Å². The van der Waals surface area contributed by atoms with E-state index in [1.165, 1.54) is 9.24 Å². The first kappa shape index (κ1) is 15.8. The molecule has 0 aromatic rings. The Labute approximate surface area is 86.4 Å². The van der Waals surface area contributed by atoms with Gasteiger partial charge in [0.1, 0.15) is 0 Å². The van der Waals surface area contributed by atoms with Crippen molar-refractivity contribution in [2.45, 2.75) is 30.4 Å². The summed E-state index contributed by atoms with van der Waals surface area (Å²) >= 11 is 0. The van der Waals surface area contributed by atoms with Crippen LogP contribution in [-0.4, -0.2) is 30.1 Å². The smallest absolute Gasteiger partial charge is 0.200 e. The largest absolute Gasteiger partial charge is 0.460 e. The molecule has 0 aromatic heterocycles. The van der Waals surface area contributed by atoms with Crippen molar-refractivity contribution in [2.24, 2.45) is 0 Å². The first-order chi connectivity index (χ1) is 6.81. The molecule has 1 unspecified atom stereocenters. The maximum atomic E-state index is 12.5. The van der Waals surface area contributed by atoms with Crippen molar-refractivity contribution in [2.75, 3.05) is 6.16 Å². The third-order valence-electron chi connectivity index (χ3n) is 1.67. The van der Waals surface area contributed by atoms with Gasteiger partial charge in [-0.2, -0.15) is 39.5 Å². The zero-order valence-corrected chi connectivity index (χ0v) is 8.55. The Morgan fingerprint density at radius 1 is 0.688 bits per heavy atom. The van der Waals surface area contributed by atoms with Gasteiger partial charge in [0.25, 0.3) is 0 Å². The number of hydrogen-bond acceptors (Lipinski definition) is 0. The maximum Gasteiger partial charge on any atom is 0.460 e. The average Bonchev–Trinajstić information content (AvgIpc) is 2.01. The van der Waals surface area contributed by atoms with Crippen LogP contribution in [0.25, 0.3) is 0 Å². The van der Waals surface area contributed by atoms with E-state index in [1.807, 2.05) is 0 Å². The lowest BCUT2D eigenvalue weighted by atomic mass is 10.0. The first-order valence-electron chi connectivity index (χ1n) is 3.71. The summed E-state index contributed by atoms with van der Waals surface area (Å²) in [7, 11) is 1.53. The summed E-state index contributed by atoms with van der Waals surface area (Å²) in [6.45, 7) is 0. The van der Waals surface area contributed by atoms with Crippen LogP contribution < -0.4 is 0 Å². The zero-order chi connectivity index (χ0) is 13.4. The molecule has 10 heteroatoms. The molecule has 0 bridgehead atoms. The number of halogens is 9. The highest BCUT2D eigenvalue weighted by Gasteiger charge is 2.81. The van der Waals surface area contributed by atoms with Gasteiger partial charge >= 0.3 is 23.9 Å². The highest BCUT2D eigenvalue weighted by atomic mass is 31.0. The normalized spacial score (nSPS) is 15.4. The highest BCUT2D eigenvalue weighted by Crippen LogP contribution is 2.53. The summed E-state index contributed by atoms with van der Waals surface area (Å²) in [6.07, 6.45) is -9.27. The van der Waals surface area contributed by atoms with Gasteiger partial charge < -0.3 is 0 Å². The van der Waals surface area contributed by atoms with Crippen molar-refractivity contribution in [3.63, 3.8) is 0 Å². The molecule has 0 aliphatic rings. The molecule has 0 aliphatic heterocycles. The van der Waals surface area contributed by atoms with E-state index in [9.17, 15) is 39.5 Å². The molecule has 0 radical (unpaired) electrons. The molecule has 1 atom stereocenters. The number of alkyl halides is 9. The monoisotopic (exact) mass is 280 g/mol. The summed E-state index contributed by atoms with van der Waals surface area (Å²) in [6, 6.07) is 0. The van der Waals surface area contributed by atoms with Crippen LogP contribution in [0.4, 0.5) is 39.5 Å². The third kappa shape index (κ3) is 2.38. The van der Waals surface area contributed by atoms with Crippen LogP contribution in [0.3, 0.4) is 0 Å². The van der Waals surface area contributed by atoms with Crippen molar-refractivity contribution in [3.8, 4) is 0 Å². The van der Waals surface area contributed by atoms with E-state index in [2.05, 4.69) is 0 Å². The molecule has 0 amide bonds. The molecule has 98 valence electrons. The van der Waals surface area contributed by atoms with Gasteiger partial charge in [0.05, 0.1) is 0 Å². The van der Waals surface area contributed by atoms with Gasteiger partial charge in [-0.25, -0.2) is 0 Å². The highest BCUT2D eigenvalue weighted by molar-refractivity contribution is 7.16. The SMILES string of the molecule is FC(F)(F)C(F)(F)C(F)(F)C(F)(F)CCP. The van der Waals surface area contributed by atoms with Crippen molar-refractivity contribution in [1.82, 2.24) is 0 Å². The van der Waals surface area contributed by atoms with Crippen molar-refractivity contribution < 1.29 is 39.5 Å². The second-order valence-electron chi connectivity index (χ2n) is 2.89. The molecule has 0 rings (SSSR count). The summed E-state index contributed by atoms with van der Waals surface area (Å²) in [4.78, 5) is 0. The molecule has 0 aliphatic carbocycles. The topological polar surface area (TPSA) is 0 Å². The molecule has 0 nitrogen and oxygen atoms in total. The molecule has 0 aromatic carbocycles. The molecule has 0 spiro atoms. The minimum Gasteiger partial charge on any atom is -0.200 e. The Kier molecular flexibility index (Phi) is 4.18. The predicted octanol–water partition coefficient (Wildman–Crippen LogP) is 3.72. The molecule has 0 saturated carbocycles. The Morgan fingerprint density at radius 2 is 1.06 bits per heavy atom. The lowest BCUT2D eigenvalue weighted by molar-refractivity contribution is -0.396. The standard InChI is InChI=1S/C6H6F9P/c7-3(8,1-2-16)4(9,10)5(11,12)6(13,14)15/h1-2,16H2. The van der Waals surface area contributed by atoms with Crippen molar-refractivity contribution in [3.05, 3.63) is 0 Å². The van der Waals surface area contributed by atoms with Gasteiger partial charge in [0.2, 0.25) is 0 Å². The number of rotatable bonds is 4. The van der Waals surface area contributed by atoms with E-state index in [-0.39, 0.29) is 0 Å². The van der Waals surface area contributed by atoms with E-state index in [1.54, 1.807) is 0 Å². The van der Waals surface area contributed by atoms with Crippen LogP contribution >= 0.6 is 9.24 Å². The quantitative estimate of drug-likeness (QED) is 0.544. The van der Waals surface area contributed by atoms with Crippen LogP contribution in [0.2, 0.25) is 0 Å². The first-order valence-corrected chi connectivity index (χ1v) is 4.53. The van der Waals surface area contributed by atoms with Gasteiger partial charge in [-0.05, 0) is 6.16 Å². The van der Waals surface area contributed by atoms with Crippen molar-refractivity contribution >= 4 is 9.24 Å². The average molecular weight is 280 g/mol. The summed E-state index contributed by atoms with van der Waals surface area (Å²) in [5.74, 6) is -18.7. The predicted molar refractivity (Wildman–Crippen MR) is 40.1 cm³/mol. The minimum atomic E-state index is -6.77. The summed E-state index contributed by atoms with van der Waals surface area (Å²) < 4.78 is 109. The van der Waals surface area contributed by atoms with E-state index in [0.717, 1.165) is 0 Å². The van der Waals surface area contributed by atoms with Gasteiger partial charge in [-0.15, -0.1) is 9.24 Å². The fourth-order valence-electron chi connectivity index (χ4n) is 0.746. The summed E-state index contributed by atoms with van der Waals surface area (Å²) in [5.41, 5.74) is 0. The lowest BCUT2D eigenvalue weighted by Gasteiger charge is -2.33. The maximum absolute atomic E-state index is 12.5. The van der Waals surface area contributed by atoms with E-state index < -0.39 is 36.5 Å². The van der Waals surface area contributed by atoms with E-state index >= 15 is 0 Å². The fourth-order valence-corrected chi connectivity index (χ4v) is 1.11. The molecule has 16 heavy (non-hydrogen) atoms. The molecule has 0 heterocycles. The summed E-state index contributed by atoms with van der Waals surface area (Å²) in [5, 5.41) is 0. The Morgan fingerprint density at radius 3 is 1.31 bits per heavy atom. The van der Waals surface area contributed by atoms with E-state index in [4.69, 9.17) is 0 Å². The Hall–Kier alpha value is -0.200. The second-order valence-corrected chi connectivity index (χ2v) is 3.47. The number of hydrogen-bond donors (Lipinski definition) is 0. The molecular formula is C6H6F9P. The molecule has 0 fully saturated rings. The van der Waals surface area contributed by atoms with Crippen molar-refractivity contribution in [1.29, 1.82) is 0 Å². The minimum absolute atomic E-state index is 0.740.